The van der Waals surface area contributed by atoms with Gasteiger partial charge in [0.1, 0.15) is 31.9 Å². The van der Waals surface area contributed by atoms with Crippen molar-refractivity contribution in [1.29, 1.82) is 0 Å². The Kier molecular flexibility index (Phi) is 10.3. The predicted molar refractivity (Wildman–Crippen MR) is 241 cm³/mol. The summed E-state index contributed by atoms with van der Waals surface area (Å²) in [4.78, 5) is 70.5. The molecule has 6 aromatic rings. The number of thiocarbonyl (C=S) groups is 2. The molecule has 0 atom stereocenters. The fourth-order valence-electron chi connectivity index (χ4n) is 6.79. The van der Waals surface area contributed by atoms with Crippen LogP contribution in [0.25, 0.3) is 28.6 Å². The summed E-state index contributed by atoms with van der Waals surface area (Å²) in [6.07, 6.45) is 0. The maximum atomic E-state index is 15.2. The van der Waals surface area contributed by atoms with E-state index >= 15 is 9.59 Å². The number of nitrogens with zero attached hydrogens (tertiary/aromatic N) is 4. The first-order chi connectivity index (χ1) is 27.6. The topological polar surface area (TPSA) is 118 Å². The van der Waals surface area contributed by atoms with Crippen molar-refractivity contribution in [3.63, 3.8) is 0 Å². The third-order valence-corrected chi connectivity index (χ3v) is 16.9. The lowest BCUT2D eigenvalue weighted by Gasteiger charge is -2.27. The van der Waals surface area contributed by atoms with Crippen molar-refractivity contribution in [1.82, 2.24) is 9.80 Å². The van der Waals surface area contributed by atoms with Crippen LogP contribution in [0.5, 0.6) is 0 Å². The van der Waals surface area contributed by atoms with Crippen LogP contribution in [0.1, 0.15) is 36.1 Å². The summed E-state index contributed by atoms with van der Waals surface area (Å²) in [7, 11) is 0. The molecule has 4 aromatic heterocycles. The Labute approximate surface area is 360 Å². The molecule has 18 heteroatoms. The molecule has 1 aliphatic carbocycles. The van der Waals surface area contributed by atoms with Gasteiger partial charge in [-0.05, 0) is 60.6 Å². The van der Waals surface area contributed by atoms with Gasteiger partial charge in [-0.1, -0.05) is 85.1 Å². The maximum Gasteiger partial charge on any atom is 0.333 e. The van der Waals surface area contributed by atoms with Gasteiger partial charge in [0.25, 0.3) is 11.8 Å². The number of fused-ring (bicyclic) bond motifs is 7. The number of ether oxygens (including phenoxy) is 2. The summed E-state index contributed by atoms with van der Waals surface area (Å²) in [5, 5.41) is 1.59. The average molecular weight is 903 g/mol. The molecule has 0 radical (unpaired) electrons. The molecule has 0 bridgehead atoms. The molecule has 0 unspecified atom stereocenters. The van der Waals surface area contributed by atoms with Crippen LogP contribution in [-0.2, 0) is 47.3 Å². The second-order valence-corrected chi connectivity index (χ2v) is 20.1. The molecule has 6 heterocycles. The summed E-state index contributed by atoms with van der Waals surface area (Å²) in [5.41, 5.74) is 0.415. The number of thioether (sulfide) groups is 2. The Morgan fingerprint density at radius 2 is 1.05 bits per heavy atom. The van der Waals surface area contributed by atoms with Crippen LogP contribution in [0.3, 0.4) is 0 Å². The second-order valence-electron chi connectivity index (χ2n) is 12.7. The van der Waals surface area contributed by atoms with Crippen LogP contribution in [0.15, 0.2) is 82.8 Å². The lowest BCUT2D eigenvalue weighted by molar-refractivity contribution is -0.164. The van der Waals surface area contributed by atoms with Gasteiger partial charge in [0, 0.05) is 33.6 Å². The lowest BCUT2D eigenvalue weighted by atomic mass is 9.79. The van der Waals surface area contributed by atoms with E-state index < -0.39 is 17.4 Å². The van der Waals surface area contributed by atoms with Crippen LogP contribution in [0, 0.1) is 0 Å². The summed E-state index contributed by atoms with van der Waals surface area (Å²) in [5.74, 6) is -2.08. The number of thiophene rings is 4. The largest absolute Gasteiger partial charge is 0.459 e. The molecule has 10 nitrogen and oxygen atoms in total. The average Bonchev–Trinajstić information content (AvgIpc) is 4.06. The Bertz CT molecular complexity index is 2580. The number of hydrogen-bond donors (Lipinski definition) is 0. The zero-order valence-corrected chi connectivity index (χ0v) is 36.3. The monoisotopic (exact) mass is 902 g/mol. The van der Waals surface area contributed by atoms with Gasteiger partial charge in [-0.15, -0.1) is 45.3 Å². The SMILES string of the molecule is CCN1C(=O)C(=Nc2cc3sc4c(c3s2)C(C(=O)OCc2ccccc2)(C(=O)OCc2ccccc2)c2c-4sc3cc(N=C4SC(=S)N(CC)C4=O)sc23)SC1=S. The van der Waals surface area contributed by atoms with Crippen molar-refractivity contribution in [2.75, 3.05) is 13.1 Å². The molecule has 57 heavy (non-hydrogen) atoms. The molecule has 3 aliphatic rings. The molecule has 286 valence electrons. The molecule has 2 amide bonds. The first-order valence-corrected chi connectivity index (χ1v) is 23.1. The molecular weight excluding hydrogens is 877 g/mol. The van der Waals surface area contributed by atoms with Crippen molar-refractivity contribution in [3.8, 4) is 9.75 Å². The van der Waals surface area contributed by atoms with Crippen molar-refractivity contribution >= 4 is 165 Å². The minimum absolute atomic E-state index is 0.0777. The Balaban J connectivity index is 1.22. The van der Waals surface area contributed by atoms with Crippen LogP contribution >= 0.6 is 93.3 Å². The number of carbonyl (C=O) groups is 4. The van der Waals surface area contributed by atoms with Crippen molar-refractivity contribution in [2.24, 2.45) is 9.98 Å². The highest BCUT2D eigenvalue weighted by atomic mass is 32.2. The predicted octanol–water partition coefficient (Wildman–Crippen LogP) is 9.81. The van der Waals surface area contributed by atoms with Gasteiger partial charge >= 0.3 is 11.9 Å². The Hall–Kier alpha value is -4.14. The zero-order valence-electron chi connectivity index (χ0n) is 29.8. The van der Waals surface area contributed by atoms with Crippen molar-refractivity contribution < 1.29 is 28.7 Å². The standard InChI is InChI=1S/C39H26N4O6S8/c1-3-42-33(44)31(56-37(42)50)40-23-15-21-27(54-23)25-29(52-21)30-26(28-22(53-30)16-24(55-28)41-32-34(45)43(4-2)38(51)57-32)39(25,35(46)48-17-19-11-7-5-8-12-19)36(47)49-18-20-13-9-6-10-14-20/h5-16H,3-4,17-18H2,1-2H3. The van der Waals surface area contributed by atoms with Crippen LogP contribution in [0.4, 0.5) is 10.0 Å². The smallest absolute Gasteiger partial charge is 0.333 e. The molecule has 2 saturated heterocycles. The third-order valence-electron chi connectivity index (χ3n) is 9.42. The summed E-state index contributed by atoms with van der Waals surface area (Å²) < 4.78 is 16.1. The minimum atomic E-state index is -2.04. The van der Waals surface area contributed by atoms with Gasteiger partial charge in [-0.25, -0.2) is 9.98 Å². The first-order valence-electron chi connectivity index (χ1n) is 17.4. The highest BCUT2D eigenvalue weighted by molar-refractivity contribution is 8.35. The molecule has 2 fully saturated rings. The Morgan fingerprint density at radius 3 is 1.42 bits per heavy atom. The first kappa shape index (κ1) is 38.4. The number of amides is 2. The van der Waals surface area contributed by atoms with Gasteiger partial charge in [0.2, 0.25) is 5.41 Å². The van der Waals surface area contributed by atoms with Crippen LogP contribution < -0.4 is 0 Å². The molecular formula is C39H26N4O6S8. The quantitative estimate of drug-likeness (QED) is 0.0747. The fraction of sp³-hybridized carbons (Fsp3) is 0.179. The second kappa shape index (κ2) is 15.2. The van der Waals surface area contributed by atoms with E-state index in [2.05, 4.69) is 0 Å². The number of carbonyl (C=O) groups excluding carboxylic acids is 4. The van der Waals surface area contributed by atoms with E-state index in [1.54, 1.807) is 0 Å². The van der Waals surface area contributed by atoms with Crippen LogP contribution in [-0.4, -0.2) is 65.4 Å². The van der Waals surface area contributed by atoms with Crippen molar-refractivity contribution in [3.05, 3.63) is 95.1 Å². The normalized spacial score (nSPS) is 17.5. The van der Waals surface area contributed by atoms with Gasteiger partial charge < -0.3 is 9.47 Å². The summed E-state index contributed by atoms with van der Waals surface area (Å²) in [6, 6.07) is 22.3. The highest BCUT2D eigenvalue weighted by Gasteiger charge is 2.62. The third kappa shape index (κ3) is 6.41. The van der Waals surface area contributed by atoms with Gasteiger partial charge in [-0.3, -0.25) is 29.0 Å². The summed E-state index contributed by atoms with van der Waals surface area (Å²) in [6.45, 7) is 4.42. The van der Waals surface area contributed by atoms with Gasteiger partial charge in [0.05, 0.1) is 19.2 Å². The molecule has 2 aliphatic heterocycles. The van der Waals surface area contributed by atoms with E-state index in [9.17, 15) is 9.59 Å². The Morgan fingerprint density at radius 1 is 0.649 bits per heavy atom. The van der Waals surface area contributed by atoms with E-state index in [0.717, 1.165) is 53.8 Å². The maximum absolute atomic E-state index is 15.2. The van der Waals surface area contributed by atoms with E-state index in [1.165, 1.54) is 55.1 Å². The summed E-state index contributed by atoms with van der Waals surface area (Å²) >= 11 is 18.6. The molecule has 9 rings (SSSR count). The zero-order chi connectivity index (χ0) is 39.6. The van der Waals surface area contributed by atoms with Gasteiger partial charge in [-0.2, -0.15) is 0 Å². The van der Waals surface area contributed by atoms with Crippen LogP contribution in [0.2, 0.25) is 0 Å². The van der Waals surface area contributed by atoms with E-state index in [0.29, 0.717) is 52.3 Å². The van der Waals surface area contributed by atoms with Crippen molar-refractivity contribution in [2.45, 2.75) is 32.5 Å². The van der Waals surface area contributed by atoms with Gasteiger partial charge in [0.15, 0.2) is 10.1 Å². The number of esters is 2. The molecule has 2 aromatic carbocycles. The molecule has 0 N–H and O–H groups in total. The highest BCUT2D eigenvalue weighted by Crippen LogP contribution is 2.64. The number of rotatable bonds is 10. The number of hydrogen-bond acceptors (Lipinski definition) is 16. The van der Waals surface area contributed by atoms with E-state index in [-0.39, 0.29) is 35.1 Å². The number of benzene rings is 2. The lowest BCUT2D eigenvalue weighted by Crippen LogP contribution is -2.45. The van der Waals surface area contributed by atoms with E-state index in [1.807, 2.05) is 86.6 Å². The number of aliphatic imine (C=N–C) groups is 2. The van der Waals surface area contributed by atoms with E-state index in [4.69, 9.17) is 43.9 Å². The minimum Gasteiger partial charge on any atom is -0.459 e. The molecule has 0 spiro atoms. The fourth-order valence-corrected chi connectivity index (χ4v) is 14.8. The molecule has 0 saturated carbocycles.